The second-order valence-electron chi connectivity index (χ2n) is 4.10. The van der Waals surface area contributed by atoms with Gasteiger partial charge in [-0.3, -0.25) is 5.10 Å². The Morgan fingerprint density at radius 1 is 1.35 bits per heavy atom. The first kappa shape index (κ1) is 12.7. The van der Waals surface area contributed by atoms with Gasteiger partial charge in [0, 0.05) is 5.56 Å². The molecule has 2 aromatic heterocycles. The molecule has 0 amide bonds. The van der Waals surface area contributed by atoms with Crippen molar-refractivity contribution in [3.63, 3.8) is 0 Å². The van der Waals surface area contributed by atoms with Gasteiger partial charge in [0.25, 0.3) is 0 Å². The summed E-state index contributed by atoms with van der Waals surface area (Å²) in [5.41, 5.74) is 0.797. The molecule has 0 aliphatic heterocycles. The molecule has 0 atom stereocenters. The van der Waals surface area contributed by atoms with E-state index in [1.807, 2.05) is 24.4 Å². The number of H-pyrrole nitrogens is 1. The maximum absolute atomic E-state index is 9.70. The first-order valence-electron chi connectivity index (χ1n) is 6.20. The zero-order valence-electron chi connectivity index (χ0n) is 10.8. The van der Waals surface area contributed by atoms with Gasteiger partial charge in [0.15, 0.2) is 23.1 Å². The van der Waals surface area contributed by atoms with Crippen LogP contribution in [0.15, 0.2) is 35.7 Å². The molecule has 0 saturated carbocycles. The second kappa shape index (κ2) is 5.34. The summed E-state index contributed by atoms with van der Waals surface area (Å²) in [5.74, 6) is 1.87. The van der Waals surface area contributed by atoms with Crippen molar-refractivity contribution in [2.24, 2.45) is 0 Å². The third kappa shape index (κ3) is 2.37. The summed E-state index contributed by atoms with van der Waals surface area (Å²) in [4.78, 5) is 5.50. The number of rotatable bonds is 4. The minimum atomic E-state index is 0.115. The molecule has 0 aliphatic carbocycles. The number of aromatic hydroxyl groups is 1. The number of nitrogens with one attached hydrogen (secondary N) is 1. The number of hydrogen-bond acceptors (Lipinski definition) is 5. The minimum absolute atomic E-state index is 0.115. The molecule has 0 spiro atoms. The molecule has 3 rings (SSSR count). The molecule has 0 saturated heterocycles. The lowest BCUT2D eigenvalue weighted by atomic mass is 10.2. The number of aromatic nitrogens is 3. The highest BCUT2D eigenvalue weighted by Crippen LogP contribution is 2.31. The zero-order chi connectivity index (χ0) is 13.9. The summed E-state index contributed by atoms with van der Waals surface area (Å²) in [6, 6.07) is 9.04. The van der Waals surface area contributed by atoms with E-state index in [0.717, 1.165) is 16.3 Å². The first-order valence-corrected chi connectivity index (χ1v) is 7.08. The Bertz CT molecular complexity index is 707. The van der Waals surface area contributed by atoms with Crippen LogP contribution >= 0.6 is 11.3 Å². The molecule has 20 heavy (non-hydrogen) atoms. The standard InChI is InChI=1S/C14H13N3O2S/c1-2-19-11-8-9(5-6-10(11)18)13-15-14(17-16-13)12-4-3-7-20-12/h3-8,18H,2H2,1H3,(H,15,16,17). The summed E-state index contributed by atoms with van der Waals surface area (Å²) in [6.45, 7) is 2.36. The molecule has 1 aromatic carbocycles. The number of phenolic OH excluding ortho intramolecular Hbond substituents is 1. The molecule has 2 N–H and O–H groups in total. The van der Waals surface area contributed by atoms with E-state index in [4.69, 9.17) is 4.74 Å². The average molecular weight is 287 g/mol. The van der Waals surface area contributed by atoms with E-state index in [2.05, 4.69) is 15.2 Å². The van der Waals surface area contributed by atoms with Crippen molar-refractivity contribution in [1.29, 1.82) is 0 Å². The number of aromatic amines is 1. The maximum atomic E-state index is 9.70. The van der Waals surface area contributed by atoms with Crippen molar-refractivity contribution in [3.8, 4) is 33.6 Å². The van der Waals surface area contributed by atoms with Crippen molar-refractivity contribution in [2.75, 3.05) is 6.61 Å². The molecule has 0 aliphatic rings. The number of ether oxygens (including phenoxy) is 1. The van der Waals surface area contributed by atoms with E-state index in [1.165, 1.54) is 0 Å². The Hall–Kier alpha value is -2.34. The lowest BCUT2D eigenvalue weighted by molar-refractivity contribution is 0.318. The predicted octanol–water partition coefficient (Wildman–Crippen LogP) is 3.30. The van der Waals surface area contributed by atoms with Crippen LogP contribution < -0.4 is 4.74 Å². The van der Waals surface area contributed by atoms with E-state index < -0.39 is 0 Å². The van der Waals surface area contributed by atoms with Gasteiger partial charge < -0.3 is 9.84 Å². The zero-order valence-corrected chi connectivity index (χ0v) is 11.6. The Labute approximate surface area is 119 Å². The fourth-order valence-corrected chi connectivity index (χ4v) is 2.50. The largest absolute Gasteiger partial charge is 0.504 e. The van der Waals surface area contributed by atoms with Crippen molar-refractivity contribution in [3.05, 3.63) is 35.7 Å². The van der Waals surface area contributed by atoms with Crippen LogP contribution in [0, 0.1) is 0 Å². The monoisotopic (exact) mass is 287 g/mol. The summed E-state index contributed by atoms with van der Waals surface area (Å²) < 4.78 is 5.36. The number of nitrogens with zero attached hydrogens (tertiary/aromatic N) is 2. The highest BCUT2D eigenvalue weighted by molar-refractivity contribution is 7.13. The van der Waals surface area contributed by atoms with Crippen LogP contribution in [0.3, 0.4) is 0 Å². The van der Waals surface area contributed by atoms with Gasteiger partial charge in [-0.25, -0.2) is 4.98 Å². The molecule has 5 nitrogen and oxygen atoms in total. The molecule has 0 radical (unpaired) electrons. The molecular formula is C14H13N3O2S. The quantitative estimate of drug-likeness (QED) is 0.772. The molecule has 102 valence electrons. The van der Waals surface area contributed by atoms with Gasteiger partial charge in [0.1, 0.15) is 0 Å². The van der Waals surface area contributed by atoms with Crippen LogP contribution in [0.4, 0.5) is 0 Å². The molecular weight excluding hydrogens is 274 g/mol. The van der Waals surface area contributed by atoms with E-state index in [1.54, 1.807) is 29.5 Å². The minimum Gasteiger partial charge on any atom is -0.504 e. The van der Waals surface area contributed by atoms with Crippen LogP contribution in [-0.2, 0) is 0 Å². The lowest BCUT2D eigenvalue weighted by Gasteiger charge is -2.06. The average Bonchev–Trinajstić information content (AvgIpc) is 3.11. The maximum Gasteiger partial charge on any atom is 0.181 e. The molecule has 6 heteroatoms. The Balaban J connectivity index is 1.95. The van der Waals surface area contributed by atoms with Gasteiger partial charge in [-0.2, -0.15) is 5.10 Å². The fourth-order valence-electron chi connectivity index (χ4n) is 1.84. The van der Waals surface area contributed by atoms with Crippen molar-refractivity contribution in [1.82, 2.24) is 15.2 Å². The summed E-state index contributed by atoms with van der Waals surface area (Å²) in [6.07, 6.45) is 0. The van der Waals surface area contributed by atoms with Crippen LogP contribution in [-0.4, -0.2) is 26.9 Å². The number of phenols is 1. The highest BCUT2D eigenvalue weighted by atomic mass is 32.1. The van der Waals surface area contributed by atoms with Crippen LogP contribution in [0.1, 0.15) is 6.92 Å². The fraction of sp³-hybridized carbons (Fsp3) is 0.143. The molecule has 3 aromatic rings. The highest BCUT2D eigenvalue weighted by Gasteiger charge is 2.11. The van der Waals surface area contributed by atoms with Crippen LogP contribution in [0.5, 0.6) is 11.5 Å². The topological polar surface area (TPSA) is 71.0 Å². The van der Waals surface area contributed by atoms with Gasteiger partial charge in [0.2, 0.25) is 0 Å². The number of thiophene rings is 1. The van der Waals surface area contributed by atoms with Gasteiger partial charge in [-0.1, -0.05) is 6.07 Å². The third-order valence-electron chi connectivity index (χ3n) is 2.76. The lowest BCUT2D eigenvalue weighted by Crippen LogP contribution is -1.92. The van der Waals surface area contributed by atoms with Crippen molar-refractivity contribution < 1.29 is 9.84 Å². The van der Waals surface area contributed by atoms with Crippen LogP contribution in [0.25, 0.3) is 22.1 Å². The number of hydrogen-bond donors (Lipinski definition) is 2. The first-order chi connectivity index (χ1) is 9.78. The predicted molar refractivity (Wildman–Crippen MR) is 78.0 cm³/mol. The molecule has 0 unspecified atom stereocenters. The van der Waals surface area contributed by atoms with Crippen molar-refractivity contribution >= 4 is 11.3 Å². The summed E-state index contributed by atoms with van der Waals surface area (Å²) in [5, 5.41) is 18.8. The number of benzene rings is 1. The Kier molecular flexibility index (Phi) is 3.39. The second-order valence-corrected chi connectivity index (χ2v) is 5.05. The SMILES string of the molecule is CCOc1cc(-c2n[nH]c(-c3cccs3)n2)ccc1O. The Morgan fingerprint density at radius 3 is 3.00 bits per heavy atom. The van der Waals surface area contributed by atoms with E-state index >= 15 is 0 Å². The summed E-state index contributed by atoms with van der Waals surface area (Å²) in [7, 11) is 0. The smallest absolute Gasteiger partial charge is 0.181 e. The van der Waals surface area contributed by atoms with Crippen LogP contribution in [0.2, 0.25) is 0 Å². The van der Waals surface area contributed by atoms with Gasteiger partial charge in [-0.15, -0.1) is 11.3 Å². The van der Waals surface area contributed by atoms with Crippen molar-refractivity contribution in [2.45, 2.75) is 6.92 Å². The Morgan fingerprint density at radius 2 is 2.25 bits per heavy atom. The summed E-state index contributed by atoms with van der Waals surface area (Å²) >= 11 is 1.60. The van der Waals surface area contributed by atoms with E-state index in [-0.39, 0.29) is 5.75 Å². The van der Waals surface area contributed by atoms with E-state index in [9.17, 15) is 5.11 Å². The molecule has 2 heterocycles. The van der Waals surface area contributed by atoms with E-state index in [0.29, 0.717) is 18.2 Å². The van der Waals surface area contributed by atoms with Gasteiger partial charge in [-0.05, 0) is 36.6 Å². The molecule has 0 fully saturated rings. The molecule has 0 bridgehead atoms. The third-order valence-corrected chi connectivity index (χ3v) is 3.63. The normalized spacial score (nSPS) is 10.7. The van der Waals surface area contributed by atoms with Gasteiger partial charge >= 0.3 is 0 Å². The van der Waals surface area contributed by atoms with Gasteiger partial charge in [0.05, 0.1) is 11.5 Å².